The van der Waals surface area contributed by atoms with Gasteiger partial charge in [-0.3, -0.25) is 0 Å². The van der Waals surface area contributed by atoms with Crippen LogP contribution >= 0.6 is 0 Å². The van der Waals surface area contributed by atoms with Gasteiger partial charge < -0.3 is 5.32 Å². The molecule has 0 atom stereocenters. The lowest BCUT2D eigenvalue weighted by molar-refractivity contribution is 0.738. The lowest BCUT2D eigenvalue weighted by Gasteiger charge is -2.08. The molecule has 0 unspecified atom stereocenters. The number of rotatable bonds is 5. The molecule has 0 aliphatic carbocycles. The van der Waals surface area contributed by atoms with E-state index in [1.54, 1.807) is 0 Å². The number of aryl methyl sites for hydroxylation is 1. The van der Waals surface area contributed by atoms with Crippen molar-refractivity contribution >= 4 is 0 Å². The molecule has 0 fully saturated rings. The molecule has 4 heteroatoms. The second-order valence-corrected chi connectivity index (χ2v) is 4.50. The molecule has 0 radical (unpaired) electrons. The summed E-state index contributed by atoms with van der Waals surface area (Å²) in [5.74, 6) is 0.904. The molecule has 0 saturated carbocycles. The van der Waals surface area contributed by atoms with Crippen LogP contribution in [-0.2, 0) is 13.0 Å². The van der Waals surface area contributed by atoms with E-state index < -0.39 is 0 Å². The summed E-state index contributed by atoms with van der Waals surface area (Å²) >= 11 is 0. The molecule has 96 valence electrons. The fourth-order valence-electron chi connectivity index (χ4n) is 2.08. The number of hydrogen-bond acceptors (Lipinski definition) is 3. The van der Waals surface area contributed by atoms with Gasteiger partial charge in [0.15, 0.2) is 5.82 Å². The minimum Gasteiger partial charge on any atom is -0.316 e. The van der Waals surface area contributed by atoms with Crippen molar-refractivity contribution < 1.29 is 0 Å². The summed E-state index contributed by atoms with van der Waals surface area (Å²) in [6.45, 7) is 5.11. The second kappa shape index (κ2) is 5.78. The predicted octanol–water partition coefficient (Wildman–Crippen LogP) is 2.25. The summed E-state index contributed by atoms with van der Waals surface area (Å²) in [5.41, 5.74) is 3.71. The van der Waals surface area contributed by atoms with E-state index in [2.05, 4.69) is 35.3 Å². The summed E-state index contributed by atoms with van der Waals surface area (Å²) in [4.78, 5) is 4.41. The van der Waals surface area contributed by atoms with Gasteiger partial charge in [0.2, 0.25) is 0 Å². The summed E-state index contributed by atoms with van der Waals surface area (Å²) in [6.07, 6.45) is 5.90. The SMILES string of the molecule is CCCc1c(CNC)cnn1-c1cc(C)ccn1. The van der Waals surface area contributed by atoms with Crippen molar-refractivity contribution in [3.8, 4) is 5.82 Å². The molecule has 0 aliphatic rings. The van der Waals surface area contributed by atoms with E-state index in [1.807, 2.05) is 30.2 Å². The number of nitrogens with one attached hydrogen (secondary N) is 1. The molecule has 1 N–H and O–H groups in total. The van der Waals surface area contributed by atoms with Crippen LogP contribution in [0.1, 0.15) is 30.2 Å². The van der Waals surface area contributed by atoms with Gasteiger partial charge in [-0.25, -0.2) is 9.67 Å². The molecule has 2 heterocycles. The number of pyridine rings is 1. The Labute approximate surface area is 108 Å². The fourth-order valence-corrected chi connectivity index (χ4v) is 2.08. The van der Waals surface area contributed by atoms with E-state index in [0.29, 0.717) is 0 Å². The summed E-state index contributed by atoms with van der Waals surface area (Å²) in [5, 5.41) is 7.66. The smallest absolute Gasteiger partial charge is 0.153 e. The maximum atomic E-state index is 4.48. The Morgan fingerprint density at radius 2 is 2.22 bits per heavy atom. The van der Waals surface area contributed by atoms with E-state index in [0.717, 1.165) is 25.2 Å². The van der Waals surface area contributed by atoms with Gasteiger partial charge in [0.25, 0.3) is 0 Å². The van der Waals surface area contributed by atoms with Crippen LogP contribution in [0.25, 0.3) is 5.82 Å². The van der Waals surface area contributed by atoms with Crippen molar-refractivity contribution in [2.45, 2.75) is 33.2 Å². The summed E-state index contributed by atoms with van der Waals surface area (Å²) in [7, 11) is 1.96. The first-order valence-electron chi connectivity index (χ1n) is 6.39. The minimum absolute atomic E-state index is 0.848. The molecule has 4 nitrogen and oxygen atoms in total. The zero-order chi connectivity index (χ0) is 13.0. The molecule has 18 heavy (non-hydrogen) atoms. The third-order valence-corrected chi connectivity index (χ3v) is 2.93. The maximum absolute atomic E-state index is 4.48. The molecule has 0 amide bonds. The van der Waals surface area contributed by atoms with Crippen LogP contribution in [0.3, 0.4) is 0 Å². The van der Waals surface area contributed by atoms with E-state index in [9.17, 15) is 0 Å². The van der Waals surface area contributed by atoms with Crippen molar-refractivity contribution in [1.82, 2.24) is 20.1 Å². The molecule has 2 aromatic rings. The molecule has 0 spiro atoms. The largest absolute Gasteiger partial charge is 0.316 e. The molecule has 0 bridgehead atoms. The van der Waals surface area contributed by atoms with E-state index in [4.69, 9.17) is 0 Å². The first-order valence-corrected chi connectivity index (χ1v) is 6.39. The molecule has 2 rings (SSSR count). The van der Waals surface area contributed by atoms with Gasteiger partial charge in [0.1, 0.15) is 0 Å². The van der Waals surface area contributed by atoms with Crippen LogP contribution in [-0.4, -0.2) is 21.8 Å². The van der Waals surface area contributed by atoms with Gasteiger partial charge in [-0.1, -0.05) is 13.3 Å². The maximum Gasteiger partial charge on any atom is 0.153 e. The van der Waals surface area contributed by atoms with Crippen molar-refractivity contribution in [3.63, 3.8) is 0 Å². The van der Waals surface area contributed by atoms with Gasteiger partial charge in [0, 0.05) is 18.3 Å². The lowest BCUT2D eigenvalue weighted by Crippen LogP contribution is -2.10. The van der Waals surface area contributed by atoms with Gasteiger partial charge in [-0.15, -0.1) is 0 Å². The number of nitrogens with zero attached hydrogens (tertiary/aromatic N) is 3. The Hall–Kier alpha value is -1.68. The predicted molar refractivity (Wildman–Crippen MR) is 72.9 cm³/mol. The van der Waals surface area contributed by atoms with Gasteiger partial charge in [0.05, 0.1) is 11.9 Å². The van der Waals surface area contributed by atoms with Crippen molar-refractivity contribution in [3.05, 3.63) is 41.3 Å². The molecule has 0 aliphatic heterocycles. The van der Waals surface area contributed by atoms with Crippen LogP contribution < -0.4 is 5.32 Å². The minimum atomic E-state index is 0.848. The molecule has 0 saturated heterocycles. The average Bonchev–Trinajstić information content (AvgIpc) is 2.74. The Balaban J connectivity index is 2.43. The highest BCUT2D eigenvalue weighted by Crippen LogP contribution is 2.16. The normalized spacial score (nSPS) is 10.8. The van der Waals surface area contributed by atoms with E-state index in [-0.39, 0.29) is 0 Å². The molecular formula is C14H20N4. The van der Waals surface area contributed by atoms with E-state index in [1.165, 1.54) is 16.8 Å². The van der Waals surface area contributed by atoms with Gasteiger partial charge in [-0.2, -0.15) is 5.10 Å². The summed E-state index contributed by atoms with van der Waals surface area (Å²) < 4.78 is 1.96. The average molecular weight is 244 g/mol. The van der Waals surface area contributed by atoms with Gasteiger partial charge >= 0.3 is 0 Å². The van der Waals surface area contributed by atoms with Crippen LogP contribution in [0.4, 0.5) is 0 Å². The fraction of sp³-hybridized carbons (Fsp3) is 0.429. The topological polar surface area (TPSA) is 42.7 Å². The van der Waals surface area contributed by atoms with Crippen LogP contribution in [0.15, 0.2) is 24.5 Å². The number of aromatic nitrogens is 3. The Kier molecular flexibility index (Phi) is 4.10. The molecule has 2 aromatic heterocycles. The third kappa shape index (κ3) is 2.59. The first-order chi connectivity index (χ1) is 8.76. The quantitative estimate of drug-likeness (QED) is 0.877. The molecular weight excluding hydrogens is 224 g/mol. The monoisotopic (exact) mass is 244 g/mol. The van der Waals surface area contributed by atoms with Crippen LogP contribution in [0.2, 0.25) is 0 Å². The zero-order valence-electron chi connectivity index (χ0n) is 11.3. The highest BCUT2D eigenvalue weighted by molar-refractivity contribution is 5.31. The number of hydrogen-bond donors (Lipinski definition) is 1. The standard InChI is InChI=1S/C14H20N4/c1-4-5-13-12(9-15-3)10-17-18(13)14-8-11(2)6-7-16-14/h6-8,10,15H,4-5,9H2,1-3H3. The highest BCUT2D eigenvalue weighted by atomic mass is 15.3. The van der Waals surface area contributed by atoms with Crippen LogP contribution in [0.5, 0.6) is 0 Å². The molecule has 0 aromatic carbocycles. The van der Waals surface area contributed by atoms with Crippen molar-refractivity contribution in [1.29, 1.82) is 0 Å². The van der Waals surface area contributed by atoms with Crippen molar-refractivity contribution in [2.75, 3.05) is 7.05 Å². The van der Waals surface area contributed by atoms with Crippen molar-refractivity contribution in [2.24, 2.45) is 0 Å². The summed E-state index contributed by atoms with van der Waals surface area (Å²) in [6, 6.07) is 4.07. The zero-order valence-corrected chi connectivity index (χ0v) is 11.3. The first kappa shape index (κ1) is 12.8. The highest BCUT2D eigenvalue weighted by Gasteiger charge is 2.11. The second-order valence-electron chi connectivity index (χ2n) is 4.50. The Bertz CT molecular complexity index is 516. The van der Waals surface area contributed by atoms with Crippen LogP contribution in [0, 0.1) is 6.92 Å². The Morgan fingerprint density at radius 1 is 1.39 bits per heavy atom. The Morgan fingerprint density at radius 3 is 2.89 bits per heavy atom. The van der Waals surface area contributed by atoms with Gasteiger partial charge in [-0.05, 0) is 38.1 Å². The third-order valence-electron chi connectivity index (χ3n) is 2.93. The lowest BCUT2D eigenvalue weighted by atomic mass is 10.1. The van der Waals surface area contributed by atoms with E-state index >= 15 is 0 Å².